The molecule has 2 heteroatoms. The molecule has 1 aromatic carbocycles. The molecule has 0 unspecified atom stereocenters. The number of hydrogen-bond acceptors (Lipinski definition) is 1. The van der Waals surface area contributed by atoms with Gasteiger partial charge in [-0.25, -0.2) is 0 Å². The van der Waals surface area contributed by atoms with Crippen molar-refractivity contribution in [1.82, 2.24) is 4.90 Å². The molecule has 1 heterocycles. The summed E-state index contributed by atoms with van der Waals surface area (Å²) in [5.41, 5.74) is 2.49. The van der Waals surface area contributed by atoms with Gasteiger partial charge in [-0.15, -0.1) is 0 Å². The first-order chi connectivity index (χ1) is 7.68. The van der Waals surface area contributed by atoms with E-state index in [1.165, 1.54) is 24.0 Å². The van der Waals surface area contributed by atoms with E-state index in [9.17, 15) is 0 Å². The molecule has 16 heavy (non-hydrogen) atoms. The molecule has 1 atom stereocenters. The van der Waals surface area contributed by atoms with E-state index in [1.807, 2.05) is 12.1 Å². The van der Waals surface area contributed by atoms with Crippen LogP contribution in [0, 0.1) is 0 Å². The number of nitrogens with zero attached hydrogens (tertiary/aromatic N) is 1. The largest absolute Gasteiger partial charge is 0.292 e. The Balaban J connectivity index is 2.20. The van der Waals surface area contributed by atoms with Gasteiger partial charge in [0.1, 0.15) is 0 Å². The zero-order valence-corrected chi connectivity index (χ0v) is 10.5. The molecule has 1 saturated heterocycles. The van der Waals surface area contributed by atoms with Gasteiger partial charge in [0, 0.05) is 17.6 Å². The van der Waals surface area contributed by atoms with Crippen LogP contribution in [0.3, 0.4) is 0 Å². The molecular formula is C14H18ClN. The number of hydrogen-bond donors (Lipinski definition) is 0. The second-order valence-corrected chi connectivity index (χ2v) is 5.01. The average Bonchev–Trinajstić information content (AvgIpc) is 2.66. The van der Waals surface area contributed by atoms with Crippen LogP contribution in [0.4, 0.5) is 0 Å². The zero-order valence-electron chi connectivity index (χ0n) is 9.75. The lowest BCUT2D eigenvalue weighted by molar-refractivity contribution is 0.280. The van der Waals surface area contributed by atoms with E-state index in [2.05, 4.69) is 30.5 Å². The van der Waals surface area contributed by atoms with Crippen LogP contribution in [0.25, 0.3) is 0 Å². The van der Waals surface area contributed by atoms with Gasteiger partial charge in [-0.2, -0.15) is 0 Å². The molecule has 1 aromatic rings. The SMILES string of the molecule is C=C(C)CN1CCC[C@@H]1c1ccccc1Cl. The Bertz CT molecular complexity index is 386. The summed E-state index contributed by atoms with van der Waals surface area (Å²) in [6.07, 6.45) is 2.46. The molecule has 86 valence electrons. The normalized spacial score (nSPS) is 21.2. The monoisotopic (exact) mass is 235 g/mol. The highest BCUT2D eigenvalue weighted by Gasteiger charge is 2.26. The van der Waals surface area contributed by atoms with Crippen molar-refractivity contribution in [2.24, 2.45) is 0 Å². The van der Waals surface area contributed by atoms with Gasteiger partial charge < -0.3 is 0 Å². The van der Waals surface area contributed by atoms with Gasteiger partial charge in [-0.1, -0.05) is 42.0 Å². The van der Waals surface area contributed by atoms with E-state index in [0.717, 1.165) is 18.1 Å². The van der Waals surface area contributed by atoms with Gasteiger partial charge >= 0.3 is 0 Å². The Hall–Kier alpha value is -0.790. The minimum absolute atomic E-state index is 0.477. The molecule has 0 bridgehead atoms. The third-order valence-electron chi connectivity index (χ3n) is 3.10. The van der Waals surface area contributed by atoms with Crippen LogP contribution >= 0.6 is 11.6 Å². The smallest absolute Gasteiger partial charge is 0.0453 e. The van der Waals surface area contributed by atoms with Crippen LogP contribution in [0.15, 0.2) is 36.4 Å². The standard InChI is InChI=1S/C14H18ClN/c1-11(2)10-16-9-5-8-14(16)12-6-3-4-7-13(12)15/h3-4,6-7,14H,1,5,8-10H2,2H3/t14-/m1/s1. The summed E-state index contributed by atoms with van der Waals surface area (Å²) >= 11 is 6.26. The van der Waals surface area contributed by atoms with E-state index in [0.29, 0.717) is 6.04 Å². The minimum Gasteiger partial charge on any atom is -0.292 e. The first-order valence-electron chi connectivity index (χ1n) is 5.81. The zero-order chi connectivity index (χ0) is 11.5. The van der Waals surface area contributed by atoms with Crippen molar-refractivity contribution in [3.8, 4) is 0 Å². The number of benzene rings is 1. The molecule has 1 nitrogen and oxygen atoms in total. The van der Waals surface area contributed by atoms with Gasteiger partial charge in [0.25, 0.3) is 0 Å². The summed E-state index contributed by atoms with van der Waals surface area (Å²) < 4.78 is 0. The maximum absolute atomic E-state index is 6.26. The number of rotatable bonds is 3. The predicted molar refractivity (Wildman–Crippen MR) is 69.8 cm³/mol. The van der Waals surface area contributed by atoms with Gasteiger partial charge in [-0.05, 0) is 37.9 Å². The van der Waals surface area contributed by atoms with Crippen molar-refractivity contribution in [3.63, 3.8) is 0 Å². The van der Waals surface area contributed by atoms with Crippen LogP contribution in [-0.2, 0) is 0 Å². The van der Waals surface area contributed by atoms with Crippen molar-refractivity contribution < 1.29 is 0 Å². The van der Waals surface area contributed by atoms with E-state index in [1.54, 1.807) is 0 Å². The Kier molecular flexibility index (Phi) is 3.67. The van der Waals surface area contributed by atoms with E-state index in [-0.39, 0.29) is 0 Å². The molecule has 2 rings (SSSR count). The molecule has 1 aliphatic rings. The maximum Gasteiger partial charge on any atom is 0.0453 e. The van der Waals surface area contributed by atoms with Gasteiger partial charge in [-0.3, -0.25) is 4.90 Å². The van der Waals surface area contributed by atoms with E-state index >= 15 is 0 Å². The summed E-state index contributed by atoms with van der Waals surface area (Å²) in [7, 11) is 0. The summed E-state index contributed by atoms with van der Waals surface area (Å²) in [5.74, 6) is 0. The molecule has 0 N–H and O–H groups in total. The molecule has 0 spiro atoms. The first kappa shape index (κ1) is 11.7. The molecule has 1 fully saturated rings. The molecule has 0 radical (unpaired) electrons. The Labute approximate surface area is 103 Å². The second-order valence-electron chi connectivity index (χ2n) is 4.61. The fourth-order valence-electron chi connectivity index (χ4n) is 2.46. The summed E-state index contributed by atoms with van der Waals surface area (Å²) in [6, 6.07) is 8.66. The Morgan fingerprint density at radius 2 is 2.25 bits per heavy atom. The summed E-state index contributed by atoms with van der Waals surface area (Å²) in [5, 5.41) is 0.890. The molecule has 0 saturated carbocycles. The van der Waals surface area contributed by atoms with Gasteiger partial charge in [0.2, 0.25) is 0 Å². The van der Waals surface area contributed by atoms with Crippen molar-refractivity contribution in [3.05, 3.63) is 47.0 Å². The highest BCUT2D eigenvalue weighted by Crippen LogP contribution is 2.35. The predicted octanol–water partition coefficient (Wildman–Crippen LogP) is 4.05. The van der Waals surface area contributed by atoms with Crippen molar-refractivity contribution >= 4 is 11.6 Å². The Morgan fingerprint density at radius 1 is 1.50 bits per heavy atom. The van der Waals surface area contributed by atoms with Crippen LogP contribution in [0.1, 0.15) is 31.4 Å². The number of likely N-dealkylation sites (tertiary alicyclic amines) is 1. The lowest BCUT2D eigenvalue weighted by atomic mass is 10.0. The molecule has 0 aromatic heterocycles. The third kappa shape index (κ3) is 2.47. The van der Waals surface area contributed by atoms with Gasteiger partial charge in [0.05, 0.1) is 0 Å². The van der Waals surface area contributed by atoms with E-state index < -0.39 is 0 Å². The maximum atomic E-state index is 6.26. The second kappa shape index (κ2) is 5.03. The molecular weight excluding hydrogens is 218 g/mol. The minimum atomic E-state index is 0.477. The third-order valence-corrected chi connectivity index (χ3v) is 3.45. The lowest BCUT2D eigenvalue weighted by Gasteiger charge is -2.25. The molecule has 0 amide bonds. The van der Waals surface area contributed by atoms with Crippen LogP contribution in [0.2, 0.25) is 5.02 Å². The van der Waals surface area contributed by atoms with Crippen LogP contribution in [0.5, 0.6) is 0 Å². The first-order valence-corrected chi connectivity index (χ1v) is 6.19. The highest BCUT2D eigenvalue weighted by atomic mass is 35.5. The van der Waals surface area contributed by atoms with E-state index in [4.69, 9.17) is 11.6 Å². The van der Waals surface area contributed by atoms with Crippen molar-refractivity contribution in [2.75, 3.05) is 13.1 Å². The summed E-state index contributed by atoms with van der Waals surface area (Å²) in [4.78, 5) is 2.48. The van der Waals surface area contributed by atoms with Crippen LogP contribution < -0.4 is 0 Å². The van der Waals surface area contributed by atoms with Crippen molar-refractivity contribution in [1.29, 1.82) is 0 Å². The lowest BCUT2D eigenvalue weighted by Crippen LogP contribution is -2.25. The van der Waals surface area contributed by atoms with Crippen LogP contribution in [-0.4, -0.2) is 18.0 Å². The Morgan fingerprint density at radius 3 is 2.94 bits per heavy atom. The topological polar surface area (TPSA) is 3.24 Å². The fourth-order valence-corrected chi connectivity index (χ4v) is 2.72. The summed E-state index contributed by atoms with van der Waals surface area (Å²) in [6.45, 7) is 8.22. The fraction of sp³-hybridized carbons (Fsp3) is 0.429. The number of halogens is 1. The van der Waals surface area contributed by atoms with Gasteiger partial charge in [0.15, 0.2) is 0 Å². The molecule has 0 aliphatic carbocycles. The average molecular weight is 236 g/mol. The molecule has 1 aliphatic heterocycles. The quantitative estimate of drug-likeness (QED) is 0.715. The highest BCUT2D eigenvalue weighted by molar-refractivity contribution is 6.31. The van der Waals surface area contributed by atoms with Crippen molar-refractivity contribution in [2.45, 2.75) is 25.8 Å².